The molecule has 1 saturated heterocycles. The summed E-state index contributed by atoms with van der Waals surface area (Å²) < 4.78 is 26.4. The molecule has 0 bridgehead atoms. The van der Waals surface area contributed by atoms with Crippen molar-refractivity contribution in [3.8, 4) is 0 Å². The quantitative estimate of drug-likeness (QED) is 0.830. The molecule has 2 fully saturated rings. The highest BCUT2D eigenvalue weighted by Gasteiger charge is 2.30. The summed E-state index contributed by atoms with van der Waals surface area (Å²) in [4.78, 5) is 12.3. The van der Waals surface area contributed by atoms with E-state index in [0.717, 1.165) is 12.1 Å². The van der Waals surface area contributed by atoms with Crippen LogP contribution in [0.15, 0.2) is 35.7 Å². The van der Waals surface area contributed by atoms with E-state index in [1.165, 1.54) is 35.4 Å². The van der Waals surface area contributed by atoms with E-state index in [-0.39, 0.29) is 11.8 Å². The van der Waals surface area contributed by atoms with Gasteiger partial charge in [0.1, 0.15) is 0 Å². The lowest BCUT2D eigenvalue weighted by Gasteiger charge is -2.29. The Kier molecular flexibility index (Phi) is 6.48. The molecule has 1 aromatic carbocycles. The van der Waals surface area contributed by atoms with Crippen molar-refractivity contribution < 1.29 is 13.2 Å². The SMILES string of the molecule is O=C(NCC1CCCC1)C1CCN(S(=O)(=O)/C=C/c2ccccc2)CC1. The van der Waals surface area contributed by atoms with Gasteiger partial charge < -0.3 is 5.32 Å². The third-order valence-corrected chi connectivity index (χ3v) is 7.02. The molecule has 1 heterocycles. The molecule has 1 aliphatic heterocycles. The number of piperidine rings is 1. The average molecular weight is 377 g/mol. The van der Waals surface area contributed by atoms with Crippen LogP contribution in [0.1, 0.15) is 44.1 Å². The fraction of sp³-hybridized carbons (Fsp3) is 0.550. The Morgan fingerprint density at radius 3 is 2.38 bits per heavy atom. The number of nitrogens with zero attached hydrogens (tertiary/aromatic N) is 1. The summed E-state index contributed by atoms with van der Waals surface area (Å²) in [5, 5.41) is 4.34. The fourth-order valence-electron chi connectivity index (χ4n) is 3.79. The van der Waals surface area contributed by atoms with Gasteiger partial charge in [0, 0.05) is 31.0 Å². The highest BCUT2D eigenvalue weighted by molar-refractivity contribution is 7.92. The molecule has 0 aromatic heterocycles. The summed E-state index contributed by atoms with van der Waals surface area (Å²) in [7, 11) is -3.43. The molecule has 0 radical (unpaired) electrons. The molecule has 1 N–H and O–H groups in total. The molecular formula is C20H28N2O3S. The number of hydrogen-bond acceptors (Lipinski definition) is 3. The van der Waals surface area contributed by atoms with Crippen molar-refractivity contribution in [3.63, 3.8) is 0 Å². The monoisotopic (exact) mass is 376 g/mol. The average Bonchev–Trinajstić information content (AvgIpc) is 3.19. The Morgan fingerprint density at radius 1 is 1.08 bits per heavy atom. The molecule has 3 rings (SSSR count). The van der Waals surface area contributed by atoms with Gasteiger partial charge in [0.2, 0.25) is 15.9 Å². The van der Waals surface area contributed by atoms with Gasteiger partial charge >= 0.3 is 0 Å². The van der Waals surface area contributed by atoms with Gasteiger partial charge in [-0.1, -0.05) is 43.2 Å². The van der Waals surface area contributed by atoms with E-state index in [1.807, 2.05) is 30.3 Å². The van der Waals surface area contributed by atoms with E-state index in [4.69, 9.17) is 0 Å². The van der Waals surface area contributed by atoms with Crippen molar-refractivity contribution in [2.75, 3.05) is 19.6 Å². The van der Waals surface area contributed by atoms with Crippen molar-refractivity contribution in [3.05, 3.63) is 41.3 Å². The first-order chi connectivity index (χ1) is 12.5. The van der Waals surface area contributed by atoms with Crippen LogP contribution >= 0.6 is 0 Å². The molecule has 0 unspecified atom stereocenters. The number of rotatable bonds is 6. The van der Waals surface area contributed by atoms with Crippen LogP contribution in [-0.4, -0.2) is 38.3 Å². The smallest absolute Gasteiger partial charge is 0.236 e. The van der Waals surface area contributed by atoms with Crippen LogP contribution in [0, 0.1) is 11.8 Å². The molecule has 1 aromatic rings. The molecule has 5 nitrogen and oxygen atoms in total. The summed E-state index contributed by atoms with van der Waals surface area (Å²) in [6, 6.07) is 9.39. The van der Waals surface area contributed by atoms with E-state index in [1.54, 1.807) is 6.08 Å². The van der Waals surface area contributed by atoms with Crippen molar-refractivity contribution in [1.82, 2.24) is 9.62 Å². The molecule has 0 atom stereocenters. The molecule has 1 aliphatic carbocycles. The molecule has 6 heteroatoms. The normalized spacial score (nSPS) is 20.6. The molecule has 1 amide bonds. The first-order valence-electron chi connectivity index (χ1n) is 9.55. The van der Waals surface area contributed by atoms with Crippen LogP contribution in [-0.2, 0) is 14.8 Å². The fourth-order valence-corrected chi connectivity index (χ4v) is 5.01. The minimum absolute atomic E-state index is 0.0686. The van der Waals surface area contributed by atoms with Crippen molar-refractivity contribution in [2.45, 2.75) is 38.5 Å². The molecule has 142 valence electrons. The number of carbonyl (C=O) groups excluding carboxylic acids is 1. The van der Waals surface area contributed by atoms with Crippen LogP contribution in [0.2, 0.25) is 0 Å². The van der Waals surface area contributed by atoms with Crippen molar-refractivity contribution in [1.29, 1.82) is 0 Å². The second-order valence-electron chi connectivity index (χ2n) is 7.33. The maximum absolute atomic E-state index is 12.5. The molecule has 26 heavy (non-hydrogen) atoms. The van der Waals surface area contributed by atoms with Crippen LogP contribution in [0.5, 0.6) is 0 Å². The number of amides is 1. The summed E-state index contributed by atoms with van der Waals surface area (Å²) in [5.41, 5.74) is 0.859. The Hall–Kier alpha value is -1.66. The van der Waals surface area contributed by atoms with Gasteiger partial charge in [0.15, 0.2) is 0 Å². The third-order valence-electron chi connectivity index (χ3n) is 5.46. The number of hydrogen-bond donors (Lipinski definition) is 1. The Morgan fingerprint density at radius 2 is 1.73 bits per heavy atom. The highest BCUT2D eigenvalue weighted by atomic mass is 32.2. The highest BCUT2D eigenvalue weighted by Crippen LogP contribution is 2.25. The lowest BCUT2D eigenvalue weighted by Crippen LogP contribution is -2.43. The van der Waals surface area contributed by atoms with Gasteiger partial charge in [0.25, 0.3) is 0 Å². The zero-order valence-corrected chi connectivity index (χ0v) is 16.0. The standard InChI is InChI=1S/C20H28N2O3S/c23-20(21-16-18-8-4-5-9-18)19-10-13-22(14-11-19)26(24,25)15-12-17-6-2-1-3-7-17/h1-3,6-7,12,15,18-19H,4-5,8-11,13-14,16H2,(H,21,23)/b15-12+. The third kappa shape index (κ3) is 5.17. The first-order valence-corrected chi connectivity index (χ1v) is 11.1. The van der Waals surface area contributed by atoms with Gasteiger partial charge in [-0.3, -0.25) is 4.79 Å². The Balaban J connectivity index is 1.47. The zero-order valence-electron chi connectivity index (χ0n) is 15.1. The van der Waals surface area contributed by atoms with Gasteiger partial charge in [0.05, 0.1) is 0 Å². The van der Waals surface area contributed by atoms with Gasteiger partial charge in [-0.2, -0.15) is 4.31 Å². The predicted octanol–water partition coefficient (Wildman–Crippen LogP) is 3.01. The molecule has 0 spiro atoms. The largest absolute Gasteiger partial charge is 0.356 e. The van der Waals surface area contributed by atoms with Gasteiger partial charge in [-0.15, -0.1) is 0 Å². The molecule has 1 saturated carbocycles. The van der Waals surface area contributed by atoms with E-state index < -0.39 is 10.0 Å². The first kappa shape index (κ1) is 19.1. The Bertz CT molecular complexity index is 717. The summed E-state index contributed by atoms with van der Waals surface area (Å²) in [6.07, 6.45) is 7.77. The van der Waals surface area contributed by atoms with Crippen LogP contribution in [0.4, 0.5) is 0 Å². The van der Waals surface area contributed by atoms with Crippen LogP contribution in [0.25, 0.3) is 6.08 Å². The van der Waals surface area contributed by atoms with Crippen molar-refractivity contribution in [2.24, 2.45) is 11.8 Å². The van der Waals surface area contributed by atoms with E-state index in [9.17, 15) is 13.2 Å². The lowest BCUT2D eigenvalue weighted by molar-refractivity contribution is -0.126. The molecular weight excluding hydrogens is 348 g/mol. The number of nitrogens with one attached hydrogen (secondary N) is 1. The summed E-state index contributed by atoms with van der Waals surface area (Å²) in [6.45, 7) is 1.59. The summed E-state index contributed by atoms with van der Waals surface area (Å²) in [5.74, 6) is 0.650. The van der Waals surface area contributed by atoms with Gasteiger partial charge in [-0.25, -0.2) is 8.42 Å². The number of sulfonamides is 1. The zero-order chi connectivity index (χ0) is 18.4. The minimum Gasteiger partial charge on any atom is -0.356 e. The number of benzene rings is 1. The van der Waals surface area contributed by atoms with Crippen LogP contribution in [0.3, 0.4) is 0 Å². The van der Waals surface area contributed by atoms with Crippen molar-refractivity contribution >= 4 is 22.0 Å². The van der Waals surface area contributed by atoms with E-state index in [0.29, 0.717) is 31.8 Å². The Labute approximate surface area is 156 Å². The summed E-state index contributed by atoms with van der Waals surface area (Å²) >= 11 is 0. The van der Waals surface area contributed by atoms with Gasteiger partial charge in [-0.05, 0) is 43.2 Å². The maximum Gasteiger partial charge on any atom is 0.236 e. The predicted molar refractivity (Wildman–Crippen MR) is 104 cm³/mol. The topological polar surface area (TPSA) is 66.5 Å². The van der Waals surface area contributed by atoms with E-state index in [2.05, 4.69) is 5.32 Å². The lowest BCUT2D eigenvalue weighted by atomic mass is 9.97. The minimum atomic E-state index is -3.43. The van der Waals surface area contributed by atoms with Crippen LogP contribution < -0.4 is 5.32 Å². The van der Waals surface area contributed by atoms with E-state index >= 15 is 0 Å². The maximum atomic E-state index is 12.5. The second-order valence-corrected chi connectivity index (χ2v) is 9.15. The second kappa shape index (κ2) is 8.82. The molecule has 2 aliphatic rings. The number of carbonyl (C=O) groups is 1.